The van der Waals surface area contributed by atoms with Crippen LogP contribution in [0.5, 0.6) is 5.75 Å². The summed E-state index contributed by atoms with van der Waals surface area (Å²) in [7, 11) is 1.63. The Labute approximate surface area is 157 Å². The number of nitrogens with zero attached hydrogens (tertiary/aromatic N) is 2. The number of methoxy groups -OCH3 is 1. The van der Waals surface area contributed by atoms with Gasteiger partial charge in [0.25, 0.3) is 5.91 Å². The molecule has 0 radical (unpaired) electrons. The zero-order chi connectivity index (χ0) is 18.6. The molecule has 27 heavy (non-hydrogen) atoms. The molecule has 0 saturated heterocycles. The number of nitrogens with one attached hydrogen (secondary N) is 1. The lowest BCUT2D eigenvalue weighted by molar-refractivity contribution is 0.0951. The number of aromatic nitrogens is 2. The molecule has 0 spiro atoms. The van der Waals surface area contributed by atoms with Gasteiger partial charge >= 0.3 is 0 Å². The second-order valence-electron chi connectivity index (χ2n) is 6.70. The highest BCUT2D eigenvalue weighted by Crippen LogP contribution is 2.36. The third kappa shape index (κ3) is 3.84. The van der Waals surface area contributed by atoms with Gasteiger partial charge in [0.1, 0.15) is 5.75 Å². The van der Waals surface area contributed by atoms with Gasteiger partial charge in [0.05, 0.1) is 7.11 Å². The molecule has 1 aliphatic rings. The summed E-state index contributed by atoms with van der Waals surface area (Å²) >= 11 is 0. The van der Waals surface area contributed by atoms with E-state index in [9.17, 15) is 4.79 Å². The van der Waals surface area contributed by atoms with Gasteiger partial charge in [-0.3, -0.25) is 4.79 Å². The zero-order valence-corrected chi connectivity index (χ0v) is 15.1. The summed E-state index contributed by atoms with van der Waals surface area (Å²) in [4.78, 5) is 17.0. The van der Waals surface area contributed by atoms with Crippen LogP contribution >= 0.6 is 0 Å². The van der Waals surface area contributed by atoms with Crippen LogP contribution in [0.15, 0.2) is 53.1 Å². The second kappa shape index (κ2) is 7.61. The monoisotopic (exact) mass is 363 g/mol. The van der Waals surface area contributed by atoms with Gasteiger partial charge in [0.2, 0.25) is 11.7 Å². The maximum atomic E-state index is 12.5. The normalized spacial score (nSPS) is 13.8. The fourth-order valence-corrected chi connectivity index (χ4v) is 3.00. The Bertz CT molecular complexity index is 930. The summed E-state index contributed by atoms with van der Waals surface area (Å²) in [5.41, 5.74) is 2.35. The lowest BCUT2D eigenvalue weighted by Gasteiger charge is -2.20. The number of amides is 1. The number of rotatable bonds is 6. The number of hydrogen-bond donors (Lipinski definition) is 1. The van der Waals surface area contributed by atoms with Crippen molar-refractivity contribution in [2.45, 2.75) is 31.7 Å². The molecule has 1 heterocycles. The molecular formula is C21H21N3O3. The van der Waals surface area contributed by atoms with Gasteiger partial charge < -0.3 is 14.6 Å². The maximum Gasteiger partial charge on any atom is 0.251 e. The van der Waals surface area contributed by atoms with Crippen LogP contribution in [-0.2, 0) is 6.54 Å². The van der Waals surface area contributed by atoms with Gasteiger partial charge in [0.15, 0.2) is 0 Å². The van der Waals surface area contributed by atoms with E-state index in [0.717, 1.165) is 29.7 Å². The van der Waals surface area contributed by atoms with Crippen molar-refractivity contribution in [3.63, 3.8) is 0 Å². The Morgan fingerprint density at radius 3 is 2.74 bits per heavy atom. The van der Waals surface area contributed by atoms with Gasteiger partial charge in [0, 0.05) is 23.6 Å². The minimum absolute atomic E-state index is 0.143. The van der Waals surface area contributed by atoms with Crippen LogP contribution in [0, 0.1) is 0 Å². The largest absolute Gasteiger partial charge is 0.497 e. The highest BCUT2D eigenvalue weighted by atomic mass is 16.5. The molecule has 0 bridgehead atoms. The summed E-state index contributed by atoms with van der Waals surface area (Å²) < 4.78 is 10.5. The first-order valence-electron chi connectivity index (χ1n) is 9.08. The third-order valence-electron chi connectivity index (χ3n) is 4.89. The molecule has 0 unspecified atom stereocenters. The van der Waals surface area contributed by atoms with Gasteiger partial charge in [-0.2, -0.15) is 4.98 Å². The lowest BCUT2D eigenvalue weighted by atomic mass is 9.85. The molecule has 1 N–H and O–H groups in total. The predicted molar refractivity (Wildman–Crippen MR) is 100 cm³/mol. The topological polar surface area (TPSA) is 77.2 Å². The number of carbonyl (C=O) groups excluding carboxylic acids is 1. The van der Waals surface area contributed by atoms with E-state index < -0.39 is 0 Å². The summed E-state index contributed by atoms with van der Waals surface area (Å²) in [6.45, 7) is 0.446. The van der Waals surface area contributed by atoms with E-state index in [1.54, 1.807) is 19.2 Å². The quantitative estimate of drug-likeness (QED) is 0.718. The Morgan fingerprint density at radius 2 is 2.04 bits per heavy atom. The van der Waals surface area contributed by atoms with Crippen LogP contribution in [0.2, 0.25) is 0 Å². The fourth-order valence-electron chi connectivity index (χ4n) is 3.00. The summed E-state index contributed by atoms with van der Waals surface area (Å²) in [6, 6.07) is 14.9. The van der Waals surface area contributed by atoms with E-state index in [2.05, 4.69) is 15.5 Å². The van der Waals surface area contributed by atoms with E-state index in [-0.39, 0.29) is 5.91 Å². The van der Waals surface area contributed by atoms with Crippen molar-refractivity contribution in [2.24, 2.45) is 0 Å². The molecule has 1 aromatic heterocycles. The highest BCUT2D eigenvalue weighted by molar-refractivity contribution is 5.95. The van der Waals surface area contributed by atoms with E-state index in [1.807, 2.05) is 36.4 Å². The van der Waals surface area contributed by atoms with E-state index in [4.69, 9.17) is 9.26 Å². The van der Waals surface area contributed by atoms with Crippen LogP contribution in [0.1, 0.15) is 47.0 Å². The average molecular weight is 363 g/mol. The maximum absolute atomic E-state index is 12.5. The molecule has 138 valence electrons. The number of hydrogen-bond acceptors (Lipinski definition) is 5. The average Bonchev–Trinajstić information content (AvgIpc) is 3.14. The molecule has 4 rings (SSSR count). The van der Waals surface area contributed by atoms with E-state index in [0.29, 0.717) is 29.7 Å². The van der Waals surface area contributed by atoms with Crippen LogP contribution in [0.25, 0.3) is 11.4 Å². The lowest BCUT2D eigenvalue weighted by Crippen LogP contribution is -2.22. The van der Waals surface area contributed by atoms with Crippen molar-refractivity contribution in [1.82, 2.24) is 15.5 Å². The van der Waals surface area contributed by atoms with Gasteiger partial charge in [-0.1, -0.05) is 35.8 Å². The van der Waals surface area contributed by atoms with Crippen molar-refractivity contribution in [3.8, 4) is 17.1 Å². The molecule has 1 saturated carbocycles. The van der Waals surface area contributed by atoms with Crippen molar-refractivity contribution >= 4 is 5.91 Å². The molecule has 1 amide bonds. The first-order valence-corrected chi connectivity index (χ1v) is 9.08. The first-order chi connectivity index (χ1) is 13.2. The minimum Gasteiger partial charge on any atom is -0.497 e. The van der Waals surface area contributed by atoms with Crippen molar-refractivity contribution in [2.75, 3.05) is 7.11 Å². The predicted octanol–water partition coefficient (Wildman–Crippen LogP) is 3.94. The second-order valence-corrected chi connectivity index (χ2v) is 6.70. The summed E-state index contributed by atoms with van der Waals surface area (Å²) in [5, 5.41) is 7.00. The molecule has 6 heteroatoms. The Balaban J connectivity index is 1.43. The minimum atomic E-state index is -0.143. The fraction of sp³-hybridized carbons (Fsp3) is 0.286. The number of benzene rings is 2. The van der Waals surface area contributed by atoms with Crippen LogP contribution in [-0.4, -0.2) is 23.2 Å². The van der Waals surface area contributed by atoms with Gasteiger partial charge in [-0.25, -0.2) is 0 Å². The molecule has 6 nitrogen and oxygen atoms in total. The SMILES string of the molecule is COc1ccc(CNC(=O)c2cccc(-c3noc(C4CCC4)n3)c2)cc1. The highest BCUT2D eigenvalue weighted by Gasteiger charge is 2.25. The number of ether oxygens (including phenoxy) is 1. The molecule has 2 aromatic carbocycles. The standard InChI is InChI=1S/C21H21N3O3/c1-26-18-10-8-14(9-11-18)13-22-20(25)17-7-3-6-16(12-17)19-23-21(27-24-19)15-4-2-5-15/h3,6-12,15H,2,4-5,13H2,1H3,(H,22,25). The molecule has 1 fully saturated rings. The van der Waals surface area contributed by atoms with Crippen LogP contribution < -0.4 is 10.1 Å². The smallest absolute Gasteiger partial charge is 0.251 e. The molecule has 3 aromatic rings. The van der Waals surface area contributed by atoms with Crippen LogP contribution in [0.4, 0.5) is 0 Å². The molecule has 0 atom stereocenters. The van der Waals surface area contributed by atoms with Crippen molar-refractivity contribution < 1.29 is 14.1 Å². The van der Waals surface area contributed by atoms with Crippen LogP contribution in [0.3, 0.4) is 0 Å². The Kier molecular flexibility index (Phi) is 4.87. The first kappa shape index (κ1) is 17.3. The van der Waals surface area contributed by atoms with Crippen molar-refractivity contribution in [1.29, 1.82) is 0 Å². The van der Waals surface area contributed by atoms with E-state index >= 15 is 0 Å². The molecule has 0 aliphatic heterocycles. The van der Waals surface area contributed by atoms with E-state index in [1.165, 1.54) is 6.42 Å². The molecular weight excluding hydrogens is 342 g/mol. The Hall–Kier alpha value is -3.15. The summed E-state index contributed by atoms with van der Waals surface area (Å²) in [5.74, 6) is 2.27. The zero-order valence-electron chi connectivity index (χ0n) is 15.1. The van der Waals surface area contributed by atoms with Gasteiger partial charge in [-0.15, -0.1) is 0 Å². The number of carbonyl (C=O) groups is 1. The Morgan fingerprint density at radius 1 is 1.22 bits per heavy atom. The molecule has 1 aliphatic carbocycles. The van der Waals surface area contributed by atoms with Gasteiger partial charge in [-0.05, 0) is 42.7 Å². The third-order valence-corrected chi connectivity index (χ3v) is 4.89. The van der Waals surface area contributed by atoms with Crippen molar-refractivity contribution in [3.05, 3.63) is 65.5 Å². The summed E-state index contributed by atoms with van der Waals surface area (Å²) in [6.07, 6.45) is 3.43.